The van der Waals surface area contributed by atoms with Gasteiger partial charge in [-0.15, -0.1) is 0 Å². The van der Waals surface area contributed by atoms with Crippen molar-refractivity contribution < 1.29 is 14.3 Å². The summed E-state index contributed by atoms with van der Waals surface area (Å²) in [5.41, 5.74) is 2.26. The molecule has 0 bridgehead atoms. The Morgan fingerprint density at radius 3 is 2.40 bits per heavy atom. The standard InChI is InChI=1S/C21H27NO3/c23-20(22-14-13-15-7-1-6-12-19(15)22)17-10-4-5-11-18(17)21(24)25-16-8-2-3-9-16/h1,6-7,12,16-18H,2-5,8-11,13-14H2/t17-,18+/m0/s1. The van der Waals surface area contributed by atoms with Gasteiger partial charge in [0.2, 0.25) is 5.91 Å². The van der Waals surface area contributed by atoms with Crippen LogP contribution in [0.2, 0.25) is 0 Å². The fourth-order valence-corrected chi connectivity index (χ4v) is 4.73. The number of fused-ring (bicyclic) bond motifs is 1. The van der Waals surface area contributed by atoms with Crippen molar-refractivity contribution in [3.05, 3.63) is 29.8 Å². The van der Waals surface area contributed by atoms with E-state index in [4.69, 9.17) is 4.74 Å². The fraction of sp³-hybridized carbons (Fsp3) is 0.619. The molecule has 1 amide bonds. The lowest BCUT2D eigenvalue weighted by atomic mass is 9.78. The van der Waals surface area contributed by atoms with E-state index in [0.717, 1.165) is 70.0 Å². The molecule has 2 aliphatic carbocycles. The zero-order chi connectivity index (χ0) is 17.2. The molecule has 1 aliphatic heterocycles. The molecule has 2 atom stereocenters. The number of ether oxygens (including phenoxy) is 1. The largest absolute Gasteiger partial charge is 0.462 e. The molecule has 0 N–H and O–H groups in total. The number of hydrogen-bond acceptors (Lipinski definition) is 3. The average molecular weight is 341 g/mol. The average Bonchev–Trinajstić information content (AvgIpc) is 3.30. The minimum Gasteiger partial charge on any atom is -0.462 e. The van der Waals surface area contributed by atoms with Crippen molar-refractivity contribution in [2.45, 2.75) is 63.9 Å². The Balaban J connectivity index is 1.49. The third-order valence-corrected chi connectivity index (χ3v) is 6.12. The van der Waals surface area contributed by atoms with E-state index in [1.54, 1.807) is 0 Å². The first kappa shape index (κ1) is 16.6. The number of rotatable bonds is 3. The second-order valence-corrected chi connectivity index (χ2v) is 7.71. The van der Waals surface area contributed by atoms with Crippen LogP contribution in [0, 0.1) is 11.8 Å². The number of amides is 1. The van der Waals surface area contributed by atoms with Gasteiger partial charge >= 0.3 is 5.97 Å². The van der Waals surface area contributed by atoms with Gasteiger partial charge in [0.1, 0.15) is 6.10 Å². The SMILES string of the molecule is O=C(OC1CCCC1)[C@@H]1CCCC[C@@H]1C(=O)N1CCc2ccccc21. The quantitative estimate of drug-likeness (QED) is 0.784. The highest BCUT2D eigenvalue weighted by molar-refractivity contribution is 5.99. The summed E-state index contributed by atoms with van der Waals surface area (Å²) >= 11 is 0. The summed E-state index contributed by atoms with van der Waals surface area (Å²) in [6, 6.07) is 8.12. The van der Waals surface area contributed by atoms with Crippen LogP contribution in [0.5, 0.6) is 0 Å². The molecule has 0 saturated heterocycles. The second kappa shape index (κ2) is 7.19. The van der Waals surface area contributed by atoms with Crippen molar-refractivity contribution in [3.63, 3.8) is 0 Å². The van der Waals surface area contributed by atoms with Gasteiger partial charge in [-0.05, 0) is 56.6 Å². The third-order valence-electron chi connectivity index (χ3n) is 6.12. The van der Waals surface area contributed by atoms with E-state index in [9.17, 15) is 9.59 Å². The summed E-state index contributed by atoms with van der Waals surface area (Å²) < 4.78 is 5.75. The van der Waals surface area contributed by atoms with Gasteiger partial charge < -0.3 is 9.64 Å². The Morgan fingerprint density at radius 1 is 0.920 bits per heavy atom. The number of anilines is 1. The van der Waals surface area contributed by atoms with Gasteiger partial charge in [-0.25, -0.2) is 0 Å². The lowest BCUT2D eigenvalue weighted by molar-refractivity contribution is -0.159. The lowest BCUT2D eigenvalue weighted by Gasteiger charge is -2.32. The van der Waals surface area contributed by atoms with Crippen LogP contribution in [-0.2, 0) is 20.7 Å². The molecule has 25 heavy (non-hydrogen) atoms. The minimum absolute atomic E-state index is 0.0812. The highest BCUT2D eigenvalue weighted by Crippen LogP contribution is 2.37. The summed E-state index contributed by atoms with van der Waals surface area (Å²) in [5, 5.41) is 0. The predicted octanol–water partition coefficient (Wildman–Crippen LogP) is 3.87. The molecule has 134 valence electrons. The fourth-order valence-electron chi connectivity index (χ4n) is 4.73. The summed E-state index contributed by atoms with van der Waals surface area (Å²) in [4.78, 5) is 27.9. The van der Waals surface area contributed by atoms with E-state index in [-0.39, 0.29) is 29.8 Å². The molecule has 0 radical (unpaired) electrons. The molecular formula is C21H27NO3. The van der Waals surface area contributed by atoms with Crippen LogP contribution in [0.3, 0.4) is 0 Å². The third kappa shape index (κ3) is 3.31. The highest BCUT2D eigenvalue weighted by Gasteiger charge is 2.41. The van der Waals surface area contributed by atoms with Crippen molar-refractivity contribution in [1.82, 2.24) is 0 Å². The Kier molecular flexibility index (Phi) is 4.78. The number of nitrogens with zero attached hydrogens (tertiary/aromatic N) is 1. The molecule has 2 saturated carbocycles. The zero-order valence-electron chi connectivity index (χ0n) is 14.8. The van der Waals surface area contributed by atoms with Crippen molar-refractivity contribution in [3.8, 4) is 0 Å². The van der Waals surface area contributed by atoms with Gasteiger partial charge in [-0.1, -0.05) is 31.0 Å². The molecule has 0 spiro atoms. The number of esters is 1. The van der Waals surface area contributed by atoms with Crippen molar-refractivity contribution in [2.24, 2.45) is 11.8 Å². The minimum atomic E-state index is -0.255. The molecular weight excluding hydrogens is 314 g/mol. The van der Waals surface area contributed by atoms with Crippen molar-refractivity contribution in [2.75, 3.05) is 11.4 Å². The first-order chi connectivity index (χ1) is 12.2. The van der Waals surface area contributed by atoms with E-state index >= 15 is 0 Å². The number of benzene rings is 1. The molecule has 1 aromatic rings. The van der Waals surface area contributed by atoms with Crippen LogP contribution in [0.4, 0.5) is 5.69 Å². The van der Waals surface area contributed by atoms with Gasteiger partial charge in [-0.2, -0.15) is 0 Å². The highest BCUT2D eigenvalue weighted by atomic mass is 16.5. The van der Waals surface area contributed by atoms with E-state index < -0.39 is 0 Å². The number of para-hydroxylation sites is 1. The van der Waals surface area contributed by atoms with E-state index in [0.29, 0.717) is 0 Å². The van der Waals surface area contributed by atoms with Crippen LogP contribution in [-0.4, -0.2) is 24.5 Å². The summed E-state index contributed by atoms with van der Waals surface area (Å²) in [5.74, 6) is -0.473. The molecule has 1 heterocycles. The normalized spacial score (nSPS) is 26.5. The molecule has 4 rings (SSSR count). The molecule has 2 fully saturated rings. The van der Waals surface area contributed by atoms with E-state index in [1.165, 1.54) is 5.56 Å². The second-order valence-electron chi connectivity index (χ2n) is 7.71. The number of carbonyl (C=O) groups is 2. The summed E-state index contributed by atoms with van der Waals surface area (Å²) in [6.45, 7) is 0.735. The van der Waals surface area contributed by atoms with Crippen LogP contribution >= 0.6 is 0 Å². The van der Waals surface area contributed by atoms with Crippen LogP contribution in [0.15, 0.2) is 24.3 Å². The van der Waals surface area contributed by atoms with Crippen molar-refractivity contribution in [1.29, 1.82) is 0 Å². The van der Waals surface area contributed by atoms with Gasteiger partial charge in [-0.3, -0.25) is 9.59 Å². The molecule has 0 unspecified atom stereocenters. The number of carbonyl (C=O) groups excluding carboxylic acids is 2. The van der Waals surface area contributed by atoms with Crippen LogP contribution < -0.4 is 4.90 Å². The smallest absolute Gasteiger partial charge is 0.310 e. The van der Waals surface area contributed by atoms with Crippen LogP contribution in [0.1, 0.15) is 56.9 Å². The topological polar surface area (TPSA) is 46.6 Å². The Hall–Kier alpha value is -1.84. The maximum absolute atomic E-state index is 13.2. The Morgan fingerprint density at radius 2 is 1.60 bits per heavy atom. The summed E-state index contributed by atoms with van der Waals surface area (Å²) in [7, 11) is 0. The number of hydrogen-bond donors (Lipinski definition) is 0. The first-order valence-corrected chi connectivity index (χ1v) is 9.84. The molecule has 4 heteroatoms. The van der Waals surface area contributed by atoms with Crippen molar-refractivity contribution >= 4 is 17.6 Å². The molecule has 4 nitrogen and oxygen atoms in total. The van der Waals surface area contributed by atoms with Gasteiger partial charge in [0.25, 0.3) is 0 Å². The maximum Gasteiger partial charge on any atom is 0.310 e. The van der Waals surface area contributed by atoms with Gasteiger partial charge in [0.05, 0.1) is 11.8 Å². The summed E-state index contributed by atoms with van der Waals surface area (Å²) in [6.07, 6.45) is 8.89. The van der Waals surface area contributed by atoms with E-state index in [1.807, 2.05) is 23.1 Å². The molecule has 0 aromatic heterocycles. The lowest BCUT2D eigenvalue weighted by Crippen LogP contribution is -2.43. The van der Waals surface area contributed by atoms with Gasteiger partial charge in [0.15, 0.2) is 0 Å². The Labute approximate surface area is 149 Å². The monoisotopic (exact) mass is 341 g/mol. The van der Waals surface area contributed by atoms with E-state index in [2.05, 4.69) is 6.07 Å². The van der Waals surface area contributed by atoms with Crippen LogP contribution in [0.25, 0.3) is 0 Å². The Bertz CT molecular complexity index is 650. The molecule has 3 aliphatic rings. The first-order valence-electron chi connectivity index (χ1n) is 9.84. The maximum atomic E-state index is 13.2. The van der Waals surface area contributed by atoms with Gasteiger partial charge in [0, 0.05) is 12.2 Å². The molecule has 1 aromatic carbocycles. The zero-order valence-corrected chi connectivity index (χ0v) is 14.8. The predicted molar refractivity (Wildman–Crippen MR) is 96.3 cm³/mol.